The van der Waals surface area contributed by atoms with Gasteiger partial charge < -0.3 is 5.32 Å². The molecule has 0 fully saturated rings. The summed E-state index contributed by atoms with van der Waals surface area (Å²) in [5, 5.41) is 3.02. The van der Waals surface area contributed by atoms with Crippen molar-refractivity contribution in [2.75, 3.05) is 0 Å². The summed E-state index contributed by atoms with van der Waals surface area (Å²) in [4.78, 5) is 12.2. The Morgan fingerprint density at radius 2 is 1.80 bits per heavy atom. The molecular formula is C17H18ClNO. The van der Waals surface area contributed by atoms with Crippen LogP contribution in [-0.2, 0) is 5.88 Å². The van der Waals surface area contributed by atoms with Crippen molar-refractivity contribution >= 4 is 17.5 Å². The van der Waals surface area contributed by atoms with Gasteiger partial charge in [-0.15, -0.1) is 11.6 Å². The van der Waals surface area contributed by atoms with Crippen LogP contribution in [0.2, 0.25) is 0 Å². The Bertz CT molecular complexity index is 592. The zero-order valence-corrected chi connectivity index (χ0v) is 12.4. The van der Waals surface area contributed by atoms with Crippen LogP contribution in [0.25, 0.3) is 0 Å². The third-order valence-electron chi connectivity index (χ3n) is 3.37. The molecular weight excluding hydrogens is 270 g/mol. The number of carbonyl (C=O) groups is 1. The molecule has 0 aromatic heterocycles. The van der Waals surface area contributed by atoms with Gasteiger partial charge in [-0.2, -0.15) is 0 Å². The van der Waals surface area contributed by atoms with E-state index in [1.807, 2.05) is 50.2 Å². The number of halogens is 1. The molecule has 1 N–H and O–H groups in total. The lowest BCUT2D eigenvalue weighted by Crippen LogP contribution is -2.27. The average molecular weight is 288 g/mol. The summed E-state index contributed by atoms with van der Waals surface area (Å²) in [6.07, 6.45) is 0. The van der Waals surface area contributed by atoms with Gasteiger partial charge in [0, 0.05) is 11.4 Å². The summed E-state index contributed by atoms with van der Waals surface area (Å²) in [5.41, 5.74) is 3.98. The van der Waals surface area contributed by atoms with E-state index in [-0.39, 0.29) is 11.9 Å². The van der Waals surface area contributed by atoms with Crippen LogP contribution in [0.5, 0.6) is 0 Å². The molecule has 1 amide bonds. The first-order valence-corrected chi connectivity index (χ1v) is 7.16. The van der Waals surface area contributed by atoms with E-state index in [1.165, 1.54) is 5.56 Å². The van der Waals surface area contributed by atoms with E-state index in [4.69, 9.17) is 11.6 Å². The second-order valence-corrected chi connectivity index (χ2v) is 5.15. The summed E-state index contributed by atoms with van der Waals surface area (Å²) in [6.45, 7) is 4.04. The summed E-state index contributed by atoms with van der Waals surface area (Å²) in [7, 11) is 0. The van der Waals surface area contributed by atoms with Gasteiger partial charge in [0.25, 0.3) is 5.91 Å². The lowest BCUT2D eigenvalue weighted by Gasteiger charge is -2.16. The van der Waals surface area contributed by atoms with Crippen molar-refractivity contribution in [3.05, 3.63) is 70.8 Å². The van der Waals surface area contributed by atoms with Crippen molar-refractivity contribution in [1.29, 1.82) is 0 Å². The monoisotopic (exact) mass is 287 g/mol. The molecule has 20 heavy (non-hydrogen) atoms. The van der Waals surface area contributed by atoms with Crippen LogP contribution in [0.3, 0.4) is 0 Å². The number of aryl methyl sites for hydroxylation is 1. The molecule has 1 atom stereocenters. The smallest absolute Gasteiger partial charge is 0.251 e. The highest BCUT2D eigenvalue weighted by atomic mass is 35.5. The second-order valence-electron chi connectivity index (χ2n) is 4.88. The van der Waals surface area contributed by atoms with E-state index in [1.54, 1.807) is 12.1 Å². The molecule has 2 rings (SSSR count). The Morgan fingerprint density at radius 1 is 1.15 bits per heavy atom. The Morgan fingerprint density at radius 3 is 2.40 bits per heavy atom. The third kappa shape index (κ3) is 3.40. The molecule has 0 spiro atoms. The van der Waals surface area contributed by atoms with Crippen LogP contribution >= 0.6 is 11.6 Å². The van der Waals surface area contributed by atoms with Gasteiger partial charge in [0.1, 0.15) is 0 Å². The molecule has 3 heteroatoms. The molecule has 0 saturated heterocycles. The highest BCUT2D eigenvalue weighted by Gasteiger charge is 2.12. The minimum atomic E-state index is -0.0677. The summed E-state index contributed by atoms with van der Waals surface area (Å²) in [6, 6.07) is 15.4. The molecule has 2 aromatic rings. The Hall–Kier alpha value is -1.80. The van der Waals surface area contributed by atoms with Gasteiger partial charge in [0.05, 0.1) is 6.04 Å². The molecule has 104 valence electrons. The molecule has 2 nitrogen and oxygen atoms in total. The molecule has 0 aliphatic heterocycles. The van der Waals surface area contributed by atoms with Crippen molar-refractivity contribution in [3.8, 4) is 0 Å². The van der Waals surface area contributed by atoms with E-state index < -0.39 is 0 Å². The minimum absolute atomic E-state index is 0.0172. The number of amides is 1. The zero-order valence-electron chi connectivity index (χ0n) is 11.7. The molecule has 0 heterocycles. The maximum Gasteiger partial charge on any atom is 0.251 e. The van der Waals surface area contributed by atoms with Crippen molar-refractivity contribution in [2.24, 2.45) is 0 Å². The molecule has 0 aliphatic rings. The zero-order chi connectivity index (χ0) is 14.5. The molecule has 0 aliphatic carbocycles. The van der Waals surface area contributed by atoms with E-state index in [2.05, 4.69) is 5.32 Å². The fourth-order valence-corrected chi connectivity index (χ4v) is 2.35. The number of hydrogen-bond acceptors (Lipinski definition) is 1. The van der Waals surface area contributed by atoms with Gasteiger partial charge >= 0.3 is 0 Å². The van der Waals surface area contributed by atoms with Crippen molar-refractivity contribution in [3.63, 3.8) is 0 Å². The predicted octanol–water partition coefficient (Wildman–Crippen LogP) is 4.22. The Kier molecular flexibility index (Phi) is 4.80. The number of nitrogens with one attached hydrogen (secondary N) is 1. The van der Waals surface area contributed by atoms with E-state index in [0.717, 1.165) is 11.1 Å². The number of alkyl halides is 1. The van der Waals surface area contributed by atoms with Gasteiger partial charge in [0.2, 0.25) is 0 Å². The van der Waals surface area contributed by atoms with Crippen LogP contribution in [0.15, 0.2) is 48.5 Å². The van der Waals surface area contributed by atoms with Crippen LogP contribution in [-0.4, -0.2) is 5.91 Å². The van der Waals surface area contributed by atoms with Gasteiger partial charge in [0.15, 0.2) is 0 Å². The largest absolute Gasteiger partial charge is 0.346 e. The summed E-state index contributed by atoms with van der Waals surface area (Å²) >= 11 is 5.74. The standard InChI is InChI=1S/C17H18ClNO/c1-12-5-3-4-6-16(12)13(2)19-17(20)15-9-7-14(11-18)8-10-15/h3-10,13H,11H2,1-2H3,(H,19,20)/t13-/m0/s1. The molecule has 0 unspecified atom stereocenters. The van der Waals surface area contributed by atoms with Gasteiger partial charge in [-0.05, 0) is 42.7 Å². The number of benzene rings is 2. The third-order valence-corrected chi connectivity index (χ3v) is 3.68. The number of carbonyl (C=O) groups excluding carboxylic acids is 1. The molecule has 2 aromatic carbocycles. The predicted molar refractivity (Wildman–Crippen MR) is 83.1 cm³/mol. The van der Waals surface area contributed by atoms with Gasteiger partial charge in [-0.3, -0.25) is 4.79 Å². The van der Waals surface area contributed by atoms with Crippen LogP contribution in [0.4, 0.5) is 0 Å². The maximum atomic E-state index is 12.2. The first-order valence-electron chi connectivity index (χ1n) is 6.63. The van der Waals surface area contributed by atoms with Crippen LogP contribution in [0, 0.1) is 6.92 Å². The normalized spacial score (nSPS) is 11.9. The molecule has 0 bridgehead atoms. The van der Waals surface area contributed by atoms with E-state index >= 15 is 0 Å². The minimum Gasteiger partial charge on any atom is -0.346 e. The van der Waals surface area contributed by atoms with Gasteiger partial charge in [-0.1, -0.05) is 36.4 Å². The summed E-state index contributed by atoms with van der Waals surface area (Å²) < 4.78 is 0. The number of rotatable bonds is 4. The second kappa shape index (κ2) is 6.58. The lowest BCUT2D eigenvalue weighted by molar-refractivity contribution is 0.0940. The topological polar surface area (TPSA) is 29.1 Å². The highest BCUT2D eigenvalue weighted by Crippen LogP contribution is 2.17. The van der Waals surface area contributed by atoms with Crippen LogP contribution < -0.4 is 5.32 Å². The van der Waals surface area contributed by atoms with Crippen molar-refractivity contribution < 1.29 is 4.79 Å². The Balaban J connectivity index is 2.09. The van der Waals surface area contributed by atoms with E-state index in [0.29, 0.717) is 11.4 Å². The SMILES string of the molecule is Cc1ccccc1[C@H](C)NC(=O)c1ccc(CCl)cc1. The van der Waals surface area contributed by atoms with E-state index in [9.17, 15) is 4.79 Å². The number of hydrogen-bond donors (Lipinski definition) is 1. The fraction of sp³-hybridized carbons (Fsp3) is 0.235. The average Bonchev–Trinajstić information content (AvgIpc) is 2.47. The van der Waals surface area contributed by atoms with Crippen molar-refractivity contribution in [1.82, 2.24) is 5.32 Å². The Labute approximate surface area is 124 Å². The lowest BCUT2D eigenvalue weighted by atomic mass is 10.0. The fourth-order valence-electron chi connectivity index (χ4n) is 2.18. The van der Waals surface area contributed by atoms with Crippen LogP contribution in [0.1, 0.15) is 40.0 Å². The molecule has 0 radical (unpaired) electrons. The first-order chi connectivity index (χ1) is 9.61. The molecule has 0 saturated carbocycles. The quantitative estimate of drug-likeness (QED) is 0.838. The first kappa shape index (κ1) is 14.6. The highest BCUT2D eigenvalue weighted by molar-refractivity contribution is 6.17. The maximum absolute atomic E-state index is 12.2. The van der Waals surface area contributed by atoms with Crippen molar-refractivity contribution in [2.45, 2.75) is 25.8 Å². The summed E-state index contributed by atoms with van der Waals surface area (Å²) in [5.74, 6) is 0.392. The van der Waals surface area contributed by atoms with Gasteiger partial charge in [-0.25, -0.2) is 0 Å².